The maximum atomic E-state index is 10.8. The van der Waals surface area contributed by atoms with Crippen LogP contribution in [0.25, 0.3) is 0 Å². The number of rotatable bonds is 6. The molecule has 0 amide bonds. The second-order valence-corrected chi connectivity index (χ2v) is 6.50. The number of sulfone groups is 1. The zero-order valence-electron chi connectivity index (χ0n) is 10.8. The van der Waals surface area contributed by atoms with Crippen molar-refractivity contribution in [3.8, 4) is 0 Å². The van der Waals surface area contributed by atoms with Gasteiger partial charge >= 0.3 is 0 Å². The molecule has 0 saturated heterocycles. The lowest BCUT2D eigenvalue weighted by atomic mass is 10.2. The monoisotopic (exact) mass is 318 g/mol. The van der Waals surface area contributed by atoms with E-state index < -0.39 is 9.84 Å². The fourth-order valence-electron chi connectivity index (χ4n) is 1.07. The maximum Gasteiger partial charge on any atom is 0.237 e. The molecule has 0 fully saturated rings. The van der Waals surface area contributed by atoms with Gasteiger partial charge in [-0.1, -0.05) is 29.8 Å². The van der Waals surface area contributed by atoms with E-state index in [9.17, 15) is 8.42 Å². The number of hydroxylamine groups is 1. The number of nitrogens with one attached hydrogen (secondary N) is 1. The number of nitrogens with two attached hydrogens (primary N) is 1. The predicted octanol–water partition coefficient (Wildman–Crippen LogP) is 0.554. The van der Waals surface area contributed by atoms with Crippen LogP contribution in [0.4, 0.5) is 0 Å². The Morgan fingerprint density at radius 1 is 1.50 bits per heavy atom. The van der Waals surface area contributed by atoms with E-state index in [4.69, 9.17) is 22.2 Å². The molecule has 0 unspecified atom stereocenters. The second kappa shape index (κ2) is 7.83. The molecule has 110 valence electrons. The minimum absolute atomic E-state index is 0.0384. The fourth-order valence-corrected chi connectivity index (χ4v) is 1.64. The van der Waals surface area contributed by atoms with E-state index in [0.29, 0.717) is 10.6 Å². The van der Waals surface area contributed by atoms with Crippen molar-refractivity contribution in [2.75, 3.05) is 18.6 Å². The van der Waals surface area contributed by atoms with Crippen LogP contribution in [0, 0.1) is 0 Å². The van der Waals surface area contributed by atoms with Crippen molar-refractivity contribution in [3.05, 3.63) is 34.9 Å². The predicted molar refractivity (Wildman–Crippen MR) is 79.5 cm³/mol. The SMILES string of the molecule is CS(=O)(=O)CCONC(N)=N/N=C/c1ccccc1Cl. The van der Waals surface area contributed by atoms with Crippen molar-refractivity contribution in [1.82, 2.24) is 5.48 Å². The van der Waals surface area contributed by atoms with Gasteiger partial charge in [-0.25, -0.2) is 13.9 Å². The van der Waals surface area contributed by atoms with Gasteiger partial charge in [0, 0.05) is 16.8 Å². The molecule has 0 spiro atoms. The summed E-state index contributed by atoms with van der Waals surface area (Å²) in [5, 5.41) is 7.88. The van der Waals surface area contributed by atoms with Gasteiger partial charge < -0.3 is 5.73 Å². The normalized spacial score (nSPS) is 12.8. The summed E-state index contributed by atoms with van der Waals surface area (Å²) in [6, 6.07) is 7.11. The molecule has 0 radical (unpaired) electrons. The highest BCUT2D eigenvalue weighted by Gasteiger charge is 2.01. The first-order valence-electron chi connectivity index (χ1n) is 5.55. The van der Waals surface area contributed by atoms with Crippen molar-refractivity contribution in [2.24, 2.45) is 15.9 Å². The smallest absolute Gasteiger partial charge is 0.237 e. The molecule has 0 aliphatic carbocycles. The molecule has 1 rings (SSSR count). The molecule has 0 aliphatic heterocycles. The molecule has 0 aromatic heterocycles. The highest BCUT2D eigenvalue weighted by molar-refractivity contribution is 7.90. The van der Waals surface area contributed by atoms with Gasteiger partial charge in [0.2, 0.25) is 5.96 Å². The van der Waals surface area contributed by atoms with Crippen molar-refractivity contribution >= 4 is 33.6 Å². The Bertz CT molecular complexity index is 601. The summed E-state index contributed by atoms with van der Waals surface area (Å²) < 4.78 is 21.7. The average molecular weight is 319 g/mol. The molecule has 0 saturated carbocycles. The summed E-state index contributed by atoms with van der Waals surface area (Å²) in [7, 11) is -3.07. The van der Waals surface area contributed by atoms with Crippen molar-refractivity contribution < 1.29 is 13.3 Å². The number of nitrogens with zero attached hydrogens (tertiary/aromatic N) is 2. The third-order valence-corrected chi connectivity index (χ3v) is 3.25. The molecule has 7 nitrogen and oxygen atoms in total. The topological polar surface area (TPSA) is 106 Å². The van der Waals surface area contributed by atoms with Gasteiger partial charge in [-0.15, -0.1) is 5.10 Å². The molecular formula is C11H15ClN4O3S. The van der Waals surface area contributed by atoms with Crippen LogP contribution in [-0.4, -0.2) is 39.2 Å². The minimum Gasteiger partial charge on any atom is -0.367 e. The summed E-state index contributed by atoms with van der Waals surface area (Å²) in [6.45, 7) is -0.0384. The Balaban J connectivity index is 2.40. The van der Waals surface area contributed by atoms with E-state index in [0.717, 1.165) is 6.26 Å². The summed E-state index contributed by atoms with van der Waals surface area (Å²) >= 11 is 5.92. The third-order valence-electron chi connectivity index (χ3n) is 2.00. The van der Waals surface area contributed by atoms with Crippen LogP contribution in [0.2, 0.25) is 5.02 Å². The van der Waals surface area contributed by atoms with E-state index in [1.807, 2.05) is 6.07 Å². The number of halogens is 1. The van der Waals surface area contributed by atoms with E-state index in [2.05, 4.69) is 15.7 Å². The van der Waals surface area contributed by atoms with Gasteiger partial charge in [0.1, 0.15) is 9.84 Å². The zero-order valence-corrected chi connectivity index (χ0v) is 12.4. The van der Waals surface area contributed by atoms with Crippen LogP contribution in [0.1, 0.15) is 5.56 Å². The first-order chi connectivity index (χ1) is 9.38. The lowest BCUT2D eigenvalue weighted by molar-refractivity contribution is 0.0972. The molecular weight excluding hydrogens is 304 g/mol. The highest BCUT2D eigenvalue weighted by Crippen LogP contribution is 2.12. The molecule has 0 bridgehead atoms. The molecule has 3 N–H and O–H groups in total. The number of benzene rings is 1. The number of hydrogen-bond donors (Lipinski definition) is 2. The second-order valence-electron chi connectivity index (χ2n) is 3.83. The molecule has 1 aromatic carbocycles. The summed E-state index contributed by atoms with van der Waals surface area (Å²) in [5.41, 5.74) is 8.41. The molecule has 0 aliphatic rings. The van der Waals surface area contributed by atoms with Gasteiger partial charge in [0.15, 0.2) is 0 Å². The Labute approximate surface area is 122 Å². The van der Waals surface area contributed by atoms with Crippen LogP contribution in [0.5, 0.6) is 0 Å². The Morgan fingerprint density at radius 2 is 2.20 bits per heavy atom. The summed E-state index contributed by atoms with van der Waals surface area (Å²) in [6.07, 6.45) is 2.55. The van der Waals surface area contributed by atoms with Gasteiger partial charge in [-0.05, 0) is 6.07 Å². The first-order valence-corrected chi connectivity index (χ1v) is 7.99. The van der Waals surface area contributed by atoms with Crippen LogP contribution < -0.4 is 11.2 Å². The van der Waals surface area contributed by atoms with Crippen molar-refractivity contribution in [1.29, 1.82) is 0 Å². The Hall–Kier alpha value is -1.64. The maximum absolute atomic E-state index is 10.8. The molecule has 1 aromatic rings. The van der Waals surface area contributed by atoms with Crippen LogP contribution in [-0.2, 0) is 14.7 Å². The lowest BCUT2D eigenvalue weighted by Gasteiger charge is -2.03. The number of guanidine groups is 1. The molecule has 20 heavy (non-hydrogen) atoms. The van der Waals surface area contributed by atoms with Crippen molar-refractivity contribution in [2.45, 2.75) is 0 Å². The van der Waals surface area contributed by atoms with E-state index in [1.165, 1.54) is 6.21 Å². The summed E-state index contributed by atoms with van der Waals surface area (Å²) in [4.78, 5) is 4.81. The molecule has 0 heterocycles. The van der Waals surface area contributed by atoms with Crippen LogP contribution in [0.15, 0.2) is 34.5 Å². The van der Waals surface area contributed by atoms with Gasteiger partial charge in [-0.2, -0.15) is 5.10 Å². The van der Waals surface area contributed by atoms with E-state index in [1.54, 1.807) is 18.2 Å². The molecule has 9 heteroatoms. The highest BCUT2D eigenvalue weighted by atomic mass is 35.5. The lowest BCUT2D eigenvalue weighted by Crippen LogP contribution is -2.32. The van der Waals surface area contributed by atoms with Crippen molar-refractivity contribution in [3.63, 3.8) is 0 Å². The quantitative estimate of drug-likeness (QED) is 0.345. The Kier molecular flexibility index (Phi) is 6.43. The van der Waals surface area contributed by atoms with Gasteiger partial charge in [0.05, 0.1) is 18.6 Å². The van der Waals surface area contributed by atoms with Crippen LogP contribution >= 0.6 is 11.6 Å². The number of hydrogen-bond acceptors (Lipinski definition) is 5. The van der Waals surface area contributed by atoms with Gasteiger partial charge in [0.25, 0.3) is 0 Å². The standard InChI is InChI=1S/C11H15ClN4O3S/c1-20(17,18)7-6-19-16-11(13)15-14-8-9-4-2-3-5-10(9)12/h2-5,8H,6-7H2,1H3,(H3,13,15,16)/b14-8+. The van der Waals surface area contributed by atoms with Crippen LogP contribution in [0.3, 0.4) is 0 Å². The van der Waals surface area contributed by atoms with E-state index >= 15 is 0 Å². The average Bonchev–Trinajstić information content (AvgIpc) is 2.36. The molecule has 0 atom stereocenters. The third kappa shape index (κ3) is 7.07. The fraction of sp³-hybridized carbons (Fsp3) is 0.273. The minimum atomic E-state index is -3.07. The van der Waals surface area contributed by atoms with Gasteiger partial charge in [-0.3, -0.25) is 4.84 Å². The summed E-state index contributed by atoms with van der Waals surface area (Å²) in [5.74, 6) is -0.210. The zero-order chi connectivity index (χ0) is 15.0. The first kappa shape index (κ1) is 16.4. The largest absolute Gasteiger partial charge is 0.367 e. The van der Waals surface area contributed by atoms with E-state index in [-0.39, 0.29) is 18.3 Å². The Morgan fingerprint density at radius 3 is 2.85 bits per heavy atom.